The predicted octanol–water partition coefficient (Wildman–Crippen LogP) is 2.00. The van der Waals surface area contributed by atoms with Crippen molar-refractivity contribution in [3.8, 4) is 11.5 Å². The average Bonchev–Trinajstić information content (AvgIpc) is 2.64. The Kier molecular flexibility index (Phi) is 7.52. The highest BCUT2D eigenvalue weighted by Crippen LogP contribution is 2.32. The number of amides is 1. The van der Waals surface area contributed by atoms with E-state index in [0.29, 0.717) is 5.75 Å². The number of methoxy groups -OCH3 is 1. The number of carbonyl (C=O) groups excluding carboxylic acids is 1. The van der Waals surface area contributed by atoms with E-state index in [0.717, 1.165) is 57.7 Å². The number of carbonyl (C=O) groups is 1. The number of nitrogens with zero attached hydrogens (tertiary/aromatic N) is 2. The van der Waals surface area contributed by atoms with Gasteiger partial charge in [0, 0.05) is 39.3 Å². The number of aromatic hydroxyl groups is 1. The number of phenols is 1. The van der Waals surface area contributed by atoms with Crippen LogP contribution in [0.15, 0.2) is 18.2 Å². The third kappa shape index (κ3) is 4.86. The quantitative estimate of drug-likeness (QED) is 0.751. The van der Waals surface area contributed by atoms with Gasteiger partial charge in [0.25, 0.3) is 0 Å². The van der Waals surface area contributed by atoms with Crippen LogP contribution in [0.1, 0.15) is 38.3 Å². The molecule has 1 aliphatic rings. The molecule has 140 valence electrons. The van der Waals surface area contributed by atoms with Gasteiger partial charge in [0.15, 0.2) is 11.5 Å². The predicted molar refractivity (Wildman–Crippen MR) is 99.0 cm³/mol. The van der Waals surface area contributed by atoms with Crippen LogP contribution in [-0.2, 0) is 4.79 Å². The van der Waals surface area contributed by atoms with Gasteiger partial charge >= 0.3 is 0 Å². The zero-order valence-electron chi connectivity index (χ0n) is 15.6. The summed E-state index contributed by atoms with van der Waals surface area (Å²) in [7, 11) is 1.53. The van der Waals surface area contributed by atoms with Gasteiger partial charge in [0.1, 0.15) is 6.04 Å². The Balaban J connectivity index is 2.36. The molecule has 6 heteroatoms. The summed E-state index contributed by atoms with van der Waals surface area (Å²) in [5, 5.41) is 13.2. The van der Waals surface area contributed by atoms with Gasteiger partial charge in [0.05, 0.1) is 7.11 Å². The van der Waals surface area contributed by atoms with Gasteiger partial charge in [-0.25, -0.2) is 0 Å². The molecule has 1 saturated heterocycles. The highest BCUT2D eigenvalue weighted by molar-refractivity contribution is 5.83. The fraction of sp³-hybridized carbons (Fsp3) is 0.632. The van der Waals surface area contributed by atoms with E-state index < -0.39 is 0 Å². The van der Waals surface area contributed by atoms with E-state index in [2.05, 4.69) is 24.1 Å². The smallest absolute Gasteiger partial charge is 0.244 e. The first kappa shape index (κ1) is 19.5. The van der Waals surface area contributed by atoms with Crippen LogP contribution in [0.3, 0.4) is 0 Å². The van der Waals surface area contributed by atoms with E-state index in [-0.39, 0.29) is 17.7 Å². The normalized spacial score (nSPS) is 16.4. The van der Waals surface area contributed by atoms with Crippen molar-refractivity contribution in [3.63, 3.8) is 0 Å². The molecule has 1 heterocycles. The van der Waals surface area contributed by atoms with Crippen LogP contribution in [0.4, 0.5) is 0 Å². The largest absolute Gasteiger partial charge is 0.504 e. The Bertz CT molecular complexity index is 553. The Morgan fingerprint density at radius 2 is 1.92 bits per heavy atom. The van der Waals surface area contributed by atoms with Crippen LogP contribution in [-0.4, -0.2) is 67.2 Å². The van der Waals surface area contributed by atoms with Crippen LogP contribution >= 0.6 is 0 Å². The summed E-state index contributed by atoms with van der Waals surface area (Å²) < 4.78 is 5.25. The van der Waals surface area contributed by atoms with Crippen molar-refractivity contribution >= 4 is 5.91 Å². The van der Waals surface area contributed by atoms with Crippen molar-refractivity contribution < 1.29 is 14.6 Å². The second-order valence-corrected chi connectivity index (χ2v) is 6.45. The highest BCUT2D eigenvalue weighted by Gasteiger charge is 2.32. The van der Waals surface area contributed by atoms with Crippen LogP contribution < -0.4 is 10.1 Å². The molecule has 25 heavy (non-hydrogen) atoms. The van der Waals surface area contributed by atoms with E-state index in [4.69, 9.17) is 4.74 Å². The maximum Gasteiger partial charge on any atom is 0.244 e. The summed E-state index contributed by atoms with van der Waals surface area (Å²) >= 11 is 0. The number of piperazine rings is 1. The molecular formula is C19H31N3O3. The van der Waals surface area contributed by atoms with Gasteiger partial charge in [-0.15, -0.1) is 0 Å². The van der Waals surface area contributed by atoms with Crippen LogP contribution in [0.25, 0.3) is 0 Å². The van der Waals surface area contributed by atoms with Gasteiger partial charge in [0.2, 0.25) is 5.91 Å². The molecule has 1 fully saturated rings. The molecule has 1 amide bonds. The Labute approximate surface area is 150 Å². The van der Waals surface area contributed by atoms with Crippen LogP contribution in [0, 0.1) is 0 Å². The zero-order chi connectivity index (χ0) is 18.2. The number of benzene rings is 1. The van der Waals surface area contributed by atoms with Gasteiger partial charge in [-0.3, -0.25) is 9.69 Å². The number of phenolic OH excluding ortho intramolecular Hbond substituents is 1. The first-order chi connectivity index (χ1) is 12.1. The number of rotatable bonds is 8. The lowest BCUT2D eigenvalue weighted by Crippen LogP contribution is -2.50. The van der Waals surface area contributed by atoms with Crippen molar-refractivity contribution in [3.05, 3.63) is 23.8 Å². The third-order valence-corrected chi connectivity index (χ3v) is 4.57. The first-order valence-electron chi connectivity index (χ1n) is 9.22. The molecule has 1 aromatic carbocycles. The number of hydrogen-bond acceptors (Lipinski definition) is 5. The summed E-state index contributed by atoms with van der Waals surface area (Å²) in [6, 6.07) is 4.89. The van der Waals surface area contributed by atoms with Crippen LogP contribution in [0.2, 0.25) is 0 Å². The summed E-state index contributed by atoms with van der Waals surface area (Å²) in [4.78, 5) is 17.6. The molecule has 0 bridgehead atoms. The highest BCUT2D eigenvalue weighted by atomic mass is 16.5. The molecule has 1 atom stereocenters. The van der Waals surface area contributed by atoms with Gasteiger partial charge in [-0.05, 0) is 30.5 Å². The molecule has 0 radical (unpaired) electrons. The van der Waals surface area contributed by atoms with Gasteiger partial charge in [-0.2, -0.15) is 0 Å². The third-order valence-electron chi connectivity index (χ3n) is 4.57. The zero-order valence-corrected chi connectivity index (χ0v) is 15.6. The summed E-state index contributed by atoms with van der Waals surface area (Å²) in [6.07, 6.45) is 1.89. The molecule has 6 nitrogen and oxygen atoms in total. The van der Waals surface area contributed by atoms with Crippen molar-refractivity contribution in [2.24, 2.45) is 0 Å². The number of nitrogens with one attached hydrogen (secondary N) is 1. The lowest BCUT2D eigenvalue weighted by Gasteiger charge is -2.37. The topological polar surface area (TPSA) is 65.0 Å². The van der Waals surface area contributed by atoms with E-state index >= 15 is 0 Å². The molecule has 1 aromatic rings. The van der Waals surface area contributed by atoms with E-state index in [1.54, 1.807) is 12.1 Å². The molecule has 2 rings (SSSR count). The molecule has 1 aliphatic heterocycles. The molecule has 0 aromatic heterocycles. The lowest BCUT2D eigenvalue weighted by atomic mass is 10.0. The molecule has 0 saturated carbocycles. The second kappa shape index (κ2) is 9.63. The van der Waals surface area contributed by atoms with Crippen molar-refractivity contribution in [1.29, 1.82) is 0 Å². The molecule has 1 unspecified atom stereocenters. The molecule has 2 N–H and O–H groups in total. The average molecular weight is 349 g/mol. The standard InChI is InChI=1S/C19H31N3O3/c1-4-10-22(11-5-2)19(24)18(21-12-8-20-9-13-21)15-6-7-16(23)17(14-15)25-3/h6-7,14,18,20,23H,4-5,8-13H2,1-3H3. The number of ether oxygens (including phenoxy) is 1. The SMILES string of the molecule is CCCN(CCC)C(=O)C(c1ccc(O)c(OC)c1)N1CCNCC1. The van der Waals surface area contributed by atoms with Crippen molar-refractivity contribution in [2.45, 2.75) is 32.7 Å². The fourth-order valence-corrected chi connectivity index (χ4v) is 3.36. The Morgan fingerprint density at radius 1 is 1.28 bits per heavy atom. The minimum Gasteiger partial charge on any atom is -0.504 e. The maximum absolute atomic E-state index is 13.4. The van der Waals surface area contributed by atoms with Crippen LogP contribution in [0.5, 0.6) is 11.5 Å². The molecule has 0 aliphatic carbocycles. The molecule has 0 spiro atoms. The minimum absolute atomic E-state index is 0.0942. The summed E-state index contributed by atoms with van der Waals surface area (Å²) in [5.41, 5.74) is 0.874. The van der Waals surface area contributed by atoms with Crippen molar-refractivity contribution in [1.82, 2.24) is 15.1 Å². The van der Waals surface area contributed by atoms with Gasteiger partial charge in [-0.1, -0.05) is 19.9 Å². The number of hydrogen-bond donors (Lipinski definition) is 2. The van der Waals surface area contributed by atoms with Crippen molar-refractivity contribution in [2.75, 3.05) is 46.4 Å². The summed E-state index contributed by atoms with van der Waals surface area (Å²) in [6.45, 7) is 9.13. The Morgan fingerprint density at radius 3 is 2.48 bits per heavy atom. The van der Waals surface area contributed by atoms with E-state index in [1.807, 2.05) is 11.0 Å². The minimum atomic E-state index is -0.338. The monoisotopic (exact) mass is 349 g/mol. The van der Waals surface area contributed by atoms with E-state index in [1.165, 1.54) is 7.11 Å². The second-order valence-electron chi connectivity index (χ2n) is 6.45. The molecular weight excluding hydrogens is 318 g/mol. The summed E-state index contributed by atoms with van der Waals surface area (Å²) in [5.74, 6) is 0.637. The van der Waals surface area contributed by atoms with E-state index in [9.17, 15) is 9.90 Å². The lowest BCUT2D eigenvalue weighted by molar-refractivity contribution is -0.137. The first-order valence-corrected chi connectivity index (χ1v) is 9.22. The Hall–Kier alpha value is -1.79. The van der Waals surface area contributed by atoms with Gasteiger partial charge < -0.3 is 20.1 Å². The maximum atomic E-state index is 13.4. The fourth-order valence-electron chi connectivity index (χ4n) is 3.36.